The number of nitrogens with one attached hydrogen (secondary N) is 1. The van der Waals surface area contributed by atoms with E-state index in [1.807, 2.05) is 6.07 Å². The molecule has 1 N–H and O–H groups in total. The van der Waals surface area contributed by atoms with Crippen LogP contribution in [0.2, 0.25) is 0 Å². The van der Waals surface area contributed by atoms with Gasteiger partial charge in [0, 0.05) is 32.7 Å². The number of nitrogens with zero attached hydrogens (tertiary/aromatic N) is 3. The normalized spacial score (nSPS) is 16.2. The van der Waals surface area contributed by atoms with Crippen LogP contribution >= 0.6 is 0 Å². The van der Waals surface area contributed by atoms with Gasteiger partial charge in [0.15, 0.2) is 5.84 Å². The molecule has 6 aromatic carbocycles. The maximum absolute atomic E-state index is 6.65. The lowest BCUT2D eigenvalue weighted by Gasteiger charge is -2.25. The number of aliphatic imine (C=N–C) groups is 2. The van der Waals surface area contributed by atoms with Crippen LogP contribution in [-0.4, -0.2) is 16.2 Å². The van der Waals surface area contributed by atoms with Crippen molar-refractivity contribution in [3.8, 4) is 22.3 Å². The molecule has 0 bridgehead atoms. The number of amidine groups is 2. The van der Waals surface area contributed by atoms with Crippen LogP contribution in [0.4, 0.5) is 0 Å². The SMILES string of the molecule is C/C=C\C(CC)n1c2c#cc(-c3ccccc3-c3cccc4oc5cc(C6=NC(c7ccccc7)NC(C7=CC=CCC7)=N6)ccc5c34)cc2c2ccccc21. The van der Waals surface area contributed by atoms with Crippen molar-refractivity contribution in [2.75, 3.05) is 0 Å². The van der Waals surface area contributed by atoms with Crippen molar-refractivity contribution < 1.29 is 4.42 Å². The van der Waals surface area contributed by atoms with Crippen LogP contribution in [-0.2, 0) is 0 Å². The van der Waals surface area contributed by atoms with Crippen molar-refractivity contribution in [1.29, 1.82) is 0 Å². The quantitative estimate of drug-likeness (QED) is 0.159. The molecule has 0 spiro atoms. The van der Waals surface area contributed by atoms with Crippen LogP contribution in [0.25, 0.3) is 66.0 Å². The minimum absolute atomic E-state index is 0.241. The maximum Gasteiger partial charge on any atom is 0.159 e. The Labute approximate surface area is 326 Å². The summed E-state index contributed by atoms with van der Waals surface area (Å²) in [6.45, 7) is 4.33. The van der Waals surface area contributed by atoms with E-state index in [0.717, 1.165) is 85.9 Å². The topological polar surface area (TPSA) is 54.8 Å². The van der Waals surface area contributed by atoms with Gasteiger partial charge in [-0.2, -0.15) is 0 Å². The van der Waals surface area contributed by atoms with Gasteiger partial charge in [-0.1, -0.05) is 134 Å². The zero-order chi connectivity index (χ0) is 37.6. The summed E-state index contributed by atoms with van der Waals surface area (Å²) in [7, 11) is 0. The monoisotopic (exact) mass is 724 g/mol. The first-order chi connectivity index (χ1) is 27.7. The highest BCUT2D eigenvalue weighted by Gasteiger charge is 2.24. The Balaban J connectivity index is 1.09. The molecule has 0 radical (unpaired) electrons. The maximum atomic E-state index is 6.65. The third-order valence-electron chi connectivity index (χ3n) is 11.2. The molecule has 0 saturated heterocycles. The standard InChI is InChI=1S/C51H40N4O/c1-3-16-37(4-2)55-44-25-14-13-23-40(44)43-31-35(28-30-45(43)55)38-21-11-12-22-39(38)41-24-15-26-46-48(41)42-29-27-36(32-47(42)56-46)51-53-49(33-17-7-5-8-18-33)52-50(54-51)34-19-9-6-10-20-34/h3,5-9,11-19,21-27,29,31-32,37,49H,4,10,20H2,1-2H3,(H,52,53,54)/b16-3-. The van der Waals surface area contributed by atoms with E-state index in [9.17, 15) is 0 Å². The number of hydrogen-bond acceptors (Lipinski definition) is 4. The molecule has 5 nitrogen and oxygen atoms in total. The fraction of sp³-hybridized carbons (Fsp3) is 0.137. The van der Waals surface area contributed by atoms with Crippen LogP contribution < -0.4 is 5.32 Å². The van der Waals surface area contributed by atoms with Gasteiger partial charge in [-0.15, -0.1) is 0 Å². The van der Waals surface area contributed by atoms with Crippen LogP contribution in [0, 0.1) is 12.1 Å². The summed E-state index contributed by atoms with van der Waals surface area (Å²) in [5.41, 5.74) is 11.5. The highest BCUT2D eigenvalue weighted by Crippen LogP contribution is 2.42. The Morgan fingerprint density at radius 1 is 0.821 bits per heavy atom. The van der Waals surface area contributed by atoms with E-state index in [2.05, 4.69) is 182 Å². The van der Waals surface area contributed by atoms with E-state index in [0.29, 0.717) is 5.84 Å². The van der Waals surface area contributed by atoms with Crippen LogP contribution in [0.15, 0.2) is 172 Å². The lowest BCUT2D eigenvalue weighted by molar-refractivity contribution is 0.621. The number of allylic oxidation sites excluding steroid dienone is 5. The third-order valence-corrected chi connectivity index (χ3v) is 11.2. The summed E-state index contributed by atoms with van der Waals surface area (Å²) >= 11 is 0. The number of furan rings is 1. The fourth-order valence-corrected chi connectivity index (χ4v) is 8.48. The molecule has 2 unspecified atom stereocenters. The molecule has 5 heteroatoms. The molecule has 2 aromatic heterocycles. The van der Waals surface area contributed by atoms with Crippen LogP contribution in [0.1, 0.15) is 56.4 Å². The van der Waals surface area contributed by atoms with E-state index in [-0.39, 0.29) is 12.2 Å². The number of para-hydroxylation sites is 1. The van der Waals surface area contributed by atoms with Gasteiger partial charge in [0.25, 0.3) is 0 Å². The molecule has 10 rings (SSSR count). The van der Waals surface area contributed by atoms with Crippen molar-refractivity contribution in [2.45, 2.75) is 45.3 Å². The summed E-state index contributed by atoms with van der Waals surface area (Å²) in [6, 6.07) is 50.1. The second-order valence-corrected chi connectivity index (χ2v) is 14.5. The highest BCUT2D eigenvalue weighted by molar-refractivity contribution is 6.17. The average molecular weight is 725 g/mol. The average Bonchev–Trinajstić information content (AvgIpc) is 3.81. The number of hydrogen-bond donors (Lipinski definition) is 1. The Morgan fingerprint density at radius 3 is 2.48 bits per heavy atom. The number of benzene rings is 5. The second-order valence-electron chi connectivity index (χ2n) is 14.5. The predicted molar refractivity (Wildman–Crippen MR) is 232 cm³/mol. The predicted octanol–water partition coefficient (Wildman–Crippen LogP) is 12.9. The van der Waals surface area contributed by atoms with Crippen molar-refractivity contribution >= 4 is 55.4 Å². The van der Waals surface area contributed by atoms with E-state index in [1.165, 1.54) is 21.9 Å². The first-order valence-electron chi connectivity index (χ1n) is 19.6. The van der Waals surface area contributed by atoms with Crippen molar-refractivity contribution in [1.82, 2.24) is 9.88 Å². The van der Waals surface area contributed by atoms with E-state index in [4.69, 9.17) is 14.4 Å². The van der Waals surface area contributed by atoms with Gasteiger partial charge in [-0.3, -0.25) is 0 Å². The molecular formula is C51H40N4O. The first kappa shape index (κ1) is 33.7. The van der Waals surface area contributed by atoms with Crippen LogP contribution in [0.3, 0.4) is 0 Å². The number of rotatable bonds is 8. The van der Waals surface area contributed by atoms with Gasteiger partial charge < -0.3 is 14.3 Å². The largest absolute Gasteiger partial charge is 0.456 e. The smallest absolute Gasteiger partial charge is 0.159 e. The highest BCUT2D eigenvalue weighted by atomic mass is 16.3. The molecule has 0 saturated carbocycles. The zero-order valence-corrected chi connectivity index (χ0v) is 31.5. The summed E-state index contributed by atoms with van der Waals surface area (Å²) < 4.78 is 9.06. The Kier molecular flexibility index (Phi) is 8.45. The van der Waals surface area contributed by atoms with E-state index >= 15 is 0 Å². The van der Waals surface area contributed by atoms with Gasteiger partial charge in [0.05, 0.1) is 11.6 Å². The van der Waals surface area contributed by atoms with Gasteiger partial charge >= 0.3 is 0 Å². The van der Waals surface area contributed by atoms with Crippen LogP contribution in [0.5, 0.6) is 0 Å². The number of fused-ring (bicyclic) bond motifs is 6. The minimum Gasteiger partial charge on any atom is -0.456 e. The summed E-state index contributed by atoms with van der Waals surface area (Å²) in [6.07, 6.45) is 13.6. The molecular weight excluding hydrogens is 685 g/mol. The molecule has 8 aromatic rings. The molecule has 1 aliphatic heterocycles. The minimum atomic E-state index is -0.244. The molecule has 1 aliphatic carbocycles. The Bertz CT molecular complexity index is 2950. The first-order valence-corrected chi connectivity index (χ1v) is 19.6. The van der Waals surface area contributed by atoms with Gasteiger partial charge in [0.2, 0.25) is 0 Å². The molecule has 270 valence electrons. The van der Waals surface area contributed by atoms with Gasteiger partial charge in [-0.25, -0.2) is 9.98 Å². The van der Waals surface area contributed by atoms with E-state index in [1.54, 1.807) is 0 Å². The third kappa shape index (κ3) is 5.74. The van der Waals surface area contributed by atoms with Gasteiger partial charge in [0.1, 0.15) is 28.7 Å². The molecule has 0 amide bonds. The molecule has 3 heterocycles. The van der Waals surface area contributed by atoms with Crippen molar-refractivity contribution in [2.24, 2.45) is 9.98 Å². The molecule has 56 heavy (non-hydrogen) atoms. The Morgan fingerprint density at radius 2 is 1.64 bits per heavy atom. The summed E-state index contributed by atoms with van der Waals surface area (Å²) in [5, 5.41) is 8.15. The molecule has 0 fully saturated rings. The molecule has 2 atom stereocenters. The number of aromatic nitrogens is 1. The summed E-state index contributed by atoms with van der Waals surface area (Å²) in [4.78, 5) is 10.2. The van der Waals surface area contributed by atoms with Crippen molar-refractivity contribution in [3.63, 3.8) is 0 Å². The van der Waals surface area contributed by atoms with E-state index < -0.39 is 0 Å². The van der Waals surface area contributed by atoms with Gasteiger partial charge in [-0.05, 0) is 90.4 Å². The Hall–Kier alpha value is -6.90. The summed E-state index contributed by atoms with van der Waals surface area (Å²) in [5.74, 6) is 1.56. The lowest BCUT2D eigenvalue weighted by atomic mass is 9.92. The fourth-order valence-electron chi connectivity index (χ4n) is 8.48. The lowest BCUT2D eigenvalue weighted by Crippen LogP contribution is -2.34. The molecule has 2 aliphatic rings. The zero-order valence-electron chi connectivity index (χ0n) is 31.5. The second kappa shape index (κ2) is 14.1. The van der Waals surface area contributed by atoms with Crippen molar-refractivity contribution in [3.05, 3.63) is 181 Å².